The van der Waals surface area contributed by atoms with Crippen molar-refractivity contribution in [2.24, 2.45) is 0 Å². The summed E-state index contributed by atoms with van der Waals surface area (Å²) >= 11 is 0. The summed E-state index contributed by atoms with van der Waals surface area (Å²) in [5.41, 5.74) is 2.34. The Balaban J connectivity index is 0.000000260. The Morgan fingerprint density at radius 3 is 1.92 bits per heavy atom. The molecule has 0 radical (unpaired) electrons. The molecule has 1 N–H and O–H groups in total. The second-order valence-corrected chi connectivity index (χ2v) is 8.21. The molecule has 2 aromatic rings. The van der Waals surface area contributed by atoms with Crippen molar-refractivity contribution in [1.82, 2.24) is 0 Å². The molecule has 0 aromatic heterocycles. The zero-order chi connectivity index (χ0) is 20.0. The van der Waals surface area contributed by atoms with Crippen molar-refractivity contribution in [2.45, 2.75) is 23.6 Å². The van der Waals surface area contributed by atoms with Gasteiger partial charge in [-0.05, 0) is 37.6 Å². The standard InChI is InChI=1S/2C9H10O3S/c1-3-12-13(10,11)9-6-4-8(2)5-7-9;1-3-8-6-7(2)4-5-9(8)13(10,11)12/h3-7H,1H2,2H3;3-6H,1H2,2H3,(H,10,11,12). The lowest BCUT2D eigenvalue weighted by molar-refractivity contribution is 0.444. The third-order valence-corrected chi connectivity index (χ3v) is 5.33. The van der Waals surface area contributed by atoms with Crippen LogP contribution in [-0.2, 0) is 24.4 Å². The van der Waals surface area contributed by atoms with Gasteiger partial charge in [-0.1, -0.05) is 54.6 Å². The molecule has 140 valence electrons. The average Bonchev–Trinajstić information content (AvgIpc) is 2.54. The van der Waals surface area contributed by atoms with Crippen LogP contribution in [0, 0.1) is 13.8 Å². The van der Waals surface area contributed by atoms with Crippen LogP contribution in [0.15, 0.2) is 71.7 Å². The van der Waals surface area contributed by atoms with Gasteiger partial charge in [0.1, 0.15) is 9.79 Å². The van der Waals surface area contributed by atoms with Crippen LogP contribution in [-0.4, -0.2) is 21.4 Å². The summed E-state index contributed by atoms with van der Waals surface area (Å²) in [5, 5.41) is 0. The predicted octanol–water partition coefficient (Wildman–Crippen LogP) is 3.73. The van der Waals surface area contributed by atoms with E-state index in [2.05, 4.69) is 17.3 Å². The number of rotatable bonds is 5. The van der Waals surface area contributed by atoms with Gasteiger partial charge in [-0.3, -0.25) is 4.55 Å². The van der Waals surface area contributed by atoms with Crippen molar-refractivity contribution in [3.8, 4) is 0 Å². The molecule has 0 unspecified atom stereocenters. The second kappa shape index (κ2) is 8.79. The minimum absolute atomic E-state index is 0.104. The Labute approximate surface area is 154 Å². The topological polar surface area (TPSA) is 97.7 Å². The maximum Gasteiger partial charge on any atom is 0.338 e. The highest BCUT2D eigenvalue weighted by Crippen LogP contribution is 2.17. The van der Waals surface area contributed by atoms with Gasteiger partial charge in [-0.15, -0.1) is 0 Å². The first-order valence-corrected chi connectivity index (χ1v) is 10.2. The average molecular weight is 396 g/mol. The molecule has 0 aliphatic heterocycles. The van der Waals surface area contributed by atoms with Crippen molar-refractivity contribution in [3.63, 3.8) is 0 Å². The van der Waals surface area contributed by atoms with Crippen molar-refractivity contribution in [1.29, 1.82) is 0 Å². The molecule has 2 aromatic carbocycles. The van der Waals surface area contributed by atoms with Crippen LogP contribution in [0.5, 0.6) is 0 Å². The monoisotopic (exact) mass is 396 g/mol. The van der Waals surface area contributed by atoms with Crippen molar-refractivity contribution in [2.75, 3.05) is 0 Å². The molecule has 0 heterocycles. The number of benzene rings is 2. The fourth-order valence-electron chi connectivity index (χ4n) is 1.91. The molecule has 0 saturated heterocycles. The Morgan fingerprint density at radius 2 is 1.46 bits per heavy atom. The maximum absolute atomic E-state index is 11.3. The van der Waals surface area contributed by atoms with E-state index in [0.29, 0.717) is 5.56 Å². The molecule has 0 bridgehead atoms. The Bertz CT molecular complexity index is 988. The van der Waals surface area contributed by atoms with Crippen LogP contribution in [0.1, 0.15) is 16.7 Å². The van der Waals surface area contributed by atoms with Crippen LogP contribution < -0.4 is 0 Å². The van der Waals surface area contributed by atoms with Gasteiger partial charge in [-0.25, -0.2) is 0 Å². The van der Waals surface area contributed by atoms with Crippen LogP contribution in [0.2, 0.25) is 0 Å². The van der Waals surface area contributed by atoms with E-state index in [-0.39, 0.29) is 9.79 Å². The maximum atomic E-state index is 11.3. The molecular weight excluding hydrogens is 376 g/mol. The number of hydrogen-bond acceptors (Lipinski definition) is 5. The van der Waals surface area contributed by atoms with E-state index in [1.165, 1.54) is 24.3 Å². The molecule has 2 rings (SSSR count). The summed E-state index contributed by atoms with van der Waals surface area (Å²) in [5.74, 6) is 0. The second-order valence-electron chi connectivity index (χ2n) is 5.25. The van der Waals surface area contributed by atoms with Gasteiger partial charge in [-0.2, -0.15) is 16.8 Å². The zero-order valence-electron chi connectivity index (χ0n) is 14.4. The lowest BCUT2D eigenvalue weighted by atomic mass is 10.1. The van der Waals surface area contributed by atoms with E-state index < -0.39 is 20.2 Å². The Morgan fingerprint density at radius 1 is 0.923 bits per heavy atom. The van der Waals surface area contributed by atoms with Crippen molar-refractivity contribution in [3.05, 3.63) is 78.6 Å². The van der Waals surface area contributed by atoms with Gasteiger partial charge in [0.25, 0.3) is 10.1 Å². The number of aryl methyl sites for hydroxylation is 2. The summed E-state index contributed by atoms with van der Waals surface area (Å²) in [4.78, 5) is 0.0334. The van der Waals surface area contributed by atoms with Crippen LogP contribution in [0.4, 0.5) is 0 Å². The summed E-state index contributed by atoms with van der Waals surface area (Å²) in [6.07, 6.45) is 2.30. The highest BCUT2D eigenvalue weighted by molar-refractivity contribution is 7.86. The van der Waals surface area contributed by atoms with Crippen LogP contribution in [0.25, 0.3) is 6.08 Å². The molecule has 0 aliphatic rings. The van der Waals surface area contributed by atoms with Gasteiger partial charge in [0.05, 0.1) is 6.26 Å². The first kappa shape index (κ1) is 21.6. The first-order valence-electron chi connectivity index (χ1n) is 7.32. The Hall–Kier alpha value is -2.42. The molecule has 0 atom stereocenters. The molecule has 0 amide bonds. The summed E-state index contributed by atoms with van der Waals surface area (Å²) < 4.78 is 57.4. The van der Waals surface area contributed by atoms with E-state index in [4.69, 9.17) is 4.55 Å². The lowest BCUT2D eigenvalue weighted by Gasteiger charge is -2.02. The summed E-state index contributed by atoms with van der Waals surface area (Å²) in [7, 11) is -7.78. The molecule has 8 heteroatoms. The molecular formula is C18H20O6S2. The van der Waals surface area contributed by atoms with Gasteiger partial charge in [0, 0.05) is 0 Å². The normalized spacial score (nSPS) is 11.0. The fourth-order valence-corrected chi connectivity index (χ4v) is 3.35. The zero-order valence-corrected chi connectivity index (χ0v) is 16.0. The highest BCUT2D eigenvalue weighted by Gasteiger charge is 2.13. The van der Waals surface area contributed by atoms with E-state index in [1.54, 1.807) is 24.3 Å². The third kappa shape index (κ3) is 6.14. The number of hydrogen-bond donors (Lipinski definition) is 1. The largest absolute Gasteiger partial charge is 0.388 e. The van der Waals surface area contributed by atoms with Gasteiger partial charge < -0.3 is 4.18 Å². The summed E-state index contributed by atoms with van der Waals surface area (Å²) in [6, 6.07) is 11.0. The van der Waals surface area contributed by atoms with E-state index >= 15 is 0 Å². The third-order valence-electron chi connectivity index (χ3n) is 3.17. The fraction of sp³-hybridized carbons (Fsp3) is 0.111. The SMILES string of the molecule is C=COS(=O)(=O)c1ccc(C)cc1.C=Cc1cc(C)ccc1S(=O)(=O)O. The molecule has 26 heavy (non-hydrogen) atoms. The minimum Gasteiger partial charge on any atom is -0.388 e. The smallest absolute Gasteiger partial charge is 0.338 e. The molecule has 0 spiro atoms. The van der Waals surface area contributed by atoms with Crippen molar-refractivity contribution >= 4 is 26.3 Å². The van der Waals surface area contributed by atoms with Gasteiger partial charge in [0.2, 0.25) is 0 Å². The highest BCUT2D eigenvalue weighted by atomic mass is 32.2. The van der Waals surface area contributed by atoms with Gasteiger partial charge >= 0.3 is 10.1 Å². The molecule has 6 nitrogen and oxygen atoms in total. The van der Waals surface area contributed by atoms with E-state index in [9.17, 15) is 16.8 Å². The van der Waals surface area contributed by atoms with Crippen LogP contribution >= 0.6 is 0 Å². The minimum atomic E-state index is -4.13. The molecule has 0 saturated carbocycles. The van der Waals surface area contributed by atoms with E-state index in [1.807, 2.05) is 13.8 Å². The molecule has 0 fully saturated rings. The van der Waals surface area contributed by atoms with E-state index in [0.717, 1.165) is 17.4 Å². The summed E-state index contributed by atoms with van der Waals surface area (Å²) in [6.45, 7) is 10.4. The molecule has 0 aliphatic carbocycles. The first-order chi connectivity index (χ1) is 12.0. The van der Waals surface area contributed by atoms with Gasteiger partial charge in [0.15, 0.2) is 0 Å². The Kier molecular flexibility index (Phi) is 7.31. The van der Waals surface area contributed by atoms with Crippen LogP contribution in [0.3, 0.4) is 0 Å². The predicted molar refractivity (Wildman–Crippen MR) is 101 cm³/mol. The van der Waals surface area contributed by atoms with Crippen molar-refractivity contribution < 1.29 is 25.6 Å². The lowest BCUT2D eigenvalue weighted by Crippen LogP contribution is -2.01. The quantitative estimate of drug-likeness (QED) is 0.470.